The SMILES string of the molecule is C#CC[C@H](O)[C@H](C)OCc1ccccc1. The Balaban J connectivity index is 2.35. The quantitative estimate of drug-likeness (QED) is 0.743. The van der Waals surface area contributed by atoms with Crippen LogP contribution in [-0.2, 0) is 11.3 Å². The van der Waals surface area contributed by atoms with E-state index in [-0.39, 0.29) is 6.10 Å². The number of rotatable bonds is 5. The van der Waals surface area contributed by atoms with E-state index in [9.17, 15) is 5.11 Å². The summed E-state index contributed by atoms with van der Waals surface area (Å²) in [6.07, 6.45) is 4.62. The van der Waals surface area contributed by atoms with E-state index in [1.807, 2.05) is 37.3 Å². The lowest BCUT2D eigenvalue weighted by Crippen LogP contribution is -2.25. The van der Waals surface area contributed by atoms with E-state index in [0.717, 1.165) is 5.56 Å². The Morgan fingerprint density at radius 2 is 2.07 bits per heavy atom. The van der Waals surface area contributed by atoms with Crippen LogP contribution >= 0.6 is 0 Å². The predicted molar refractivity (Wildman–Crippen MR) is 60.1 cm³/mol. The van der Waals surface area contributed by atoms with Gasteiger partial charge in [-0.15, -0.1) is 12.3 Å². The third-order valence-electron chi connectivity index (χ3n) is 2.22. The van der Waals surface area contributed by atoms with E-state index < -0.39 is 6.10 Å². The smallest absolute Gasteiger partial charge is 0.0908 e. The van der Waals surface area contributed by atoms with Crippen LogP contribution in [0.2, 0.25) is 0 Å². The van der Waals surface area contributed by atoms with Crippen LogP contribution in [0.4, 0.5) is 0 Å². The molecule has 0 amide bonds. The first-order valence-corrected chi connectivity index (χ1v) is 5.01. The van der Waals surface area contributed by atoms with Crippen LogP contribution in [0.25, 0.3) is 0 Å². The Labute approximate surface area is 90.9 Å². The van der Waals surface area contributed by atoms with Gasteiger partial charge in [0.05, 0.1) is 18.8 Å². The second kappa shape index (κ2) is 6.23. The van der Waals surface area contributed by atoms with Crippen LogP contribution in [0.15, 0.2) is 30.3 Å². The molecule has 2 nitrogen and oxygen atoms in total. The lowest BCUT2D eigenvalue weighted by molar-refractivity contribution is -0.0325. The Bertz CT molecular complexity index is 313. The first-order chi connectivity index (χ1) is 7.24. The molecular formula is C13H16O2. The maximum atomic E-state index is 9.53. The minimum absolute atomic E-state index is 0.235. The summed E-state index contributed by atoms with van der Waals surface area (Å²) in [7, 11) is 0. The number of benzene rings is 1. The van der Waals surface area contributed by atoms with Crippen molar-refractivity contribution in [3.63, 3.8) is 0 Å². The molecule has 0 saturated heterocycles. The van der Waals surface area contributed by atoms with Crippen molar-refractivity contribution >= 4 is 0 Å². The van der Waals surface area contributed by atoms with Crippen LogP contribution in [0, 0.1) is 12.3 Å². The van der Waals surface area contributed by atoms with Gasteiger partial charge in [-0.25, -0.2) is 0 Å². The van der Waals surface area contributed by atoms with Crippen molar-refractivity contribution in [2.75, 3.05) is 0 Å². The van der Waals surface area contributed by atoms with Gasteiger partial charge < -0.3 is 9.84 Å². The number of hydrogen-bond acceptors (Lipinski definition) is 2. The van der Waals surface area contributed by atoms with Gasteiger partial charge in [-0.05, 0) is 12.5 Å². The molecule has 15 heavy (non-hydrogen) atoms. The summed E-state index contributed by atoms with van der Waals surface area (Å²) in [6.45, 7) is 2.33. The summed E-state index contributed by atoms with van der Waals surface area (Å²) in [5.74, 6) is 2.42. The summed E-state index contributed by atoms with van der Waals surface area (Å²) in [5, 5.41) is 9.53. The molecule has 0 aliphatic carbocycles. The predicted octanol–water partition coefficient (Wildman–Crippen LogP) is 1.98. The van der Waals surface area contributed by atoms with Gasteiger partial charge in [0.1, 0.15) is 0 Å². The van der Waals surface area contributed by atoms with E-state index in [0.29, 0.717) is 13.0 Å². The highest BCUT2D eigenvalue weighted by molar-refractivity contribution is 5.13. The van der Waals surface area contributed by atoms with Crippen molar-refractivity contribution in [3.05, 3.63) is 35.9 Å². The zero-order chi connectivity index (χ0) is 11.1. The van der Waals surface area contributed by atoms with E-state index in [2.05, 4.69) is 5.92 Å². The van der Waals surface area contributed by atoms with Gasteiger partial charge in [0.15, 0.2) is 0 Å². The molecule has 0 unspecified atom stereocenters. The fourth-order valence-corrected chi connectivity index (χ4v) is 1.20. The summed E-state index contributed by atoms with van der Waals surface area (Å²) >= 11 is 0. The van der Waals surface area contributed by atoms with Crippen LogP contribution in [0.1, 0.15) is 18.9 Å². The first kappa shape index (κ1) is 11.8. The number of ether oxygens (including phenoxy) is 1. The summed E-state index contributed by atoms with van der Waals surface area (Å²) < 4.78 is 5.50. The highest BCUT2D eigenvalue weighted by atomic mass is 16.5. The molecule has 0 bridgehead atoms. The Morgan fingerprint density at radius 1 is 1.40 bits per heavy atom. The molecule has 0 spiro atoms. The zero-order valence-corrected chi connectivity index (χ0v) is 8.89. The third-order valence-corrected chi connectivity index (χ3v) is 2.22. The molecule has 1 aromatic carbocycles. The average molecular weight is 204 g/mol. The minimum atomic E-state index is -0.585. The minimum Gasteiger partial charge on any atom is -0.389 e. The van der Waals surface area contributed by atoms with Crippen LogP contribution < -0.4 is 0 Å². The van der Waals surface area contributed by atoms with E-state index in [4.69, 9.17) is 11.2 Å². The normalized spacial score (nSPS) is 14.2. The maximum absolute atomic E-state index is 9.53. The molecule has 2 atom stereocenters. The summed E-state index contributed by atoms with van der Waals surface area (Å²) in [5.41, 5.74) is 1.09. The number of hydrogen-bond donors (Lipinski definition) is 1. The van der Waals surface area contributed by atoms with Gasteiger partial charge in [-0.2, -0.15) is 0 Å². The van der Waals surface area contributed by atoms with Crippen molar-refractivity contribution in [2.24, 2.45) is 0 Å². The third kappa shape index (κ3) is 4.16. The molecule has 0 fully saturated rings. The molecule has 2 heteroatoms. The zero-order valence-electron chi connectivity index (χ0n) is 8.89. The van der Waals surface area contributed by atoms with Crippen molar-refractivity contribution in [1.29, 1.82) is 0 Å². The van der Waals surface area contributed by atoms with Crippen molar-refractivity contribution in [3.8, 4) is 12.3 Å². The van der Waals surface area contributed by atoms with E-state index >= 15 is 0 Å². The number of terminal acetylenes is 1. The molecule has 0 heterocycles. The number of aliphatic hydroxyl groups is 1. The standard InChI is InChI=1S/C13H16O2/c1-3-7-13(14)11(2)15-10-12-8-5-4-6-9-12/h1,4-6,8-9,11,13-14H,7,10H2,2H3/t11-,13-/m0/s1. The Morgan fingerprint density at radius 3 is 2.67 bits per heavy atom. The average Bonchev–Trinajstić information content (AvgIpc) is 2.27. The van der Waals surface area contributed by atoms with E-state index in [1.165, 1.54) is 0 Å². The second-order valence-electron chi connectivity index (χ2n) is 3.48. The van der Waals surface area contributed by atoms with Crippen LogP contribution in [-0.4, -0.2) is 17.3 Å². The van der Waals surface area contributed by atoms with Gasteiger partial charge in [0.2, 0.25) is 0 Å². The highest BCUT2D eigenvalue weighted by Crippen LogP contribution is 2.07. The van der Waals surface area contributed by atoms with Crippen molar-refractivity contribution in [2.45, 2.75) is 32.2 Å². The van der Waals surface area contributed by atoms with E-state index in [1.54, 1.807) is 0 Å². The maximum Gasteiger partial charge on any atom is 0.0908 e. The van der Waals surface area contributed by atoms with Crippen molar-refractivity contribution in [1.82, 2.24) is 0 Å². The largest absolute Gasteiger partial charge is 0.389 e. The molecule has 0 aliphatic rings. The molecule has 1 aromatic rings. The lowest BCUT2D eigenvalue weighted by Gasteiger charge is -2.17. The molecule has 80 valence electrons. The molecule has 1 rings (SSSR count). The fraction of sp³-hybridized carbons (Fsp3) is 0.385. The highest BCUT2D eigenvalue weighted by Gasteiger charge is 2.12. The summed E-state index contributed by atoms with van der Waals surface area (Å²) in [4.78, 5) is 0. The molecule has 1 N–H and O–H groups in total. The Kier molecular flexibility index (Phi) is 4.89. The topological polar surface area (TPSA) is 29.5 Å². The molecule has 0 aliphatic heterocycles. The number of aliphatic hydroxyl groups excluding tert-OH is 1. The molecule has 0 radical (unpaired) electrons. The second-order valence-corrected chi connectivity index (χ2v) is 3.48. The van der Waals surface area contributed by atoms with Gasteiger partial charge in [0.25, 0.3) is 0 Å². The van der Waals surface area contributed by atoms with Gasteiger partial charge >= 0.3 is 0 Å². The van der Waals surface area contributed by atoms with Gasteiger partial charge in [-0.1, -0.05) is 30.3 Å². The Hall–Kier alpha value is -1.30. The molecular weight excluding hydrogens is 188 g/mol. The van der Waals surface area contributed by atoms with Crippen LogP contribution in [0.5, 0.6) is 0 Å². The molecule has 0 saturated carbocycles. The summed E-state index contributed by atoms with van der Waals surface area (Å²) in [6, 6.07) is 9.85. The first-order valence-electron chi connectivity index (χ1n) is 5.01. The molecule has 0 aromatic heterocycles. The lowest BCUT2D eigenvalue weighted by atomic mass is 10.1. The fourth-order valence-electron chi connectivity index (χ4n) is 1.20. The van der Waals surface area contributed by atoms with Gasteiger partial charge in [0, 0.05) is 6.42 Å². The monoisotopic (exact) mass is 204 g/mol. The van der Waals surface area contributed by atoms with Gasteiger partial charge in [-0.3, -0.25) is 0 Å². The van der Waals surface area contributed by atoms with Crippen LogP contribution in [0.3, 0.4) is 0 Å². The van der Waals surface area contributed by atoms with Crippen molar-refractivity contribution < 1.29 is 9.84 Å².